The highest BCUT2D eigenvalue weighted by Gasteiger charge is 2.20. The standard InChI is InChI=1S/C16H24N2O2/c1-3-18(11-14-6-4-5-9-17-14)16(20)13-8-7-12(2)15(19)10-13/h7-8,10,14,17,19H,3-6,9,11H2,1-2H3. The Morgan fingerprint density at radius 2 is 2.25 bits per heavy atom. The molecule has 1 fully saturated rings. The molecule has 1 amide bonds. The van der Waals surface area contributed by atoms with Gasteiger partial charge in [0.2, 0.25) is 0 Å². The molecular weight excluding hydrogens is 252 g/mol. The fraction of sp³-hybridized carbons (Fsp3) is 0.562. The summed E-state index contributed by atoms with van der Waals surface area (Å²) >= 11 is 0. The van der Waals surface area contributed by atoms with E-state index in [1.807, 2.05) is 18.7 Å². The number of piperidine rings is 1. The van der Waals surface area contributed by atoms with E-state index in [0.29, 0.717) is 18.2 Å². The summed E-state index contributed by atoms with van der Waals surface area (Å²) in [5, 5.41) is 13.2. The van der Waals surface area contributed by atoms with Crippen molar-refractivity contribution < 1.29 is 9.90 Å². The van der Waals surface area contributed by atoms with Crippen molar-refractivity contribution in [3.8, 4) is 5.75 Å². The molecule has 2 rings (SSSR count). The van der Waals surface area contributed by atoms with E-state index in [0.717, 1.165) is 25.1 Å². The molecule has 1 aliphatic heterocycles. The van der Waals surface area contributed by atoms with Gasteiger partial charge in [0.1, 0.15) is 5.75 Å². The van der Waals surface area contributed by atoms with Gasteiger partial charge in [-0.2, -0.15) is 0 Å². The Kier molecular flexibility index (Phi) is 5.01. The van der Waals surface area contributed by atoms with Crippen molar-refractivity contribution in [2.45, 2.75) is 39.2 Å². The van der Waals surface area contributed by atoms with Crippen molar-refractivity contribution >= 4 is 5.91 Å². The van der Waals surface area contributed by atoms with Crippen LogP contribution < -0.4 is 5.32 Å². The quantitative estimate of drug-likeness (QED) is 0.887. The average Bonchev–Trinajstić information content (AvgIpc) is 2.48. The number of hydrogen-bond acceptors (Lipinski definition) is 3. The number of aromatic hydroxyl groups is 1. The molecule has 1 unspecified atom stereocenters. The lowest BCUT2D eigenvalue weighted by molar-refractivity contribution is 0.0741. The molecule has 1 heterocycles. The SMILES string of the molecule is CCN(CC1CCCCN1)C(=O)c1ccc(C)c(O)c1. The number of phenolic OH excluding ortho intramolecular Hbond substituents is 1. The maximum Gasteiger partial charge on any atom is 0.254 e. The Hall–Kier alpha value is -1.55. The molecule has 0 aromatic heterocycles. The summed E-state index contributed by atoms with van der Waals surface area (Å²) in [5.74, 6) is 0.179. The van der Waals surface area contributed by atoms with Gasteiger partial charge in [0.15, 0.2) is 0 Å². The van der Waals surface area contributed by atoms with Crippen LogP contribution in [0.2, 0.25) is 0 Å². The van der Waals surface area contributed by atoms with E-state index in [1.165, 1.54) is 12.8 Å². The fourth-order valence-corrected chi connectivity index (χ4v) is 2.63. The van der Waals surface area contributed by atoms with Crippen LogP contribution >= 0.6 is 0 Å². The Labute approximate surface area is 120 Å². The first-order chi connectivity index (χ1) is 9.61. The van der Waals surface area contributed by atoms with Gasteiger partial charge in [-0.15, -0.1) is 0 Å². The van der Waals surface area contributed by atoms with E-state index < -0.39 is 0 Å². The molecule has 20 heavy (non-hydrogen) atoms. The number of hydrogen-bond donors (Lipinski definition) is 2. The van der Waals surface area contributed by atoms with Crippen molar-refractivity contribution in [2.75, 3.05) is 19.6 Å². The third-order valence-corrected chi connectivity index (χ3v) is 3.98. The lowest BCUT2D eigenvalue weighted by Gasteiger charge is -2.30. The third kappa shape index (κ3) is 3.51. The summed E-state index contributed by atoms with van der Waals surface area (Å²) in [6.45, 7) is 6.29. The molecule has 2 N–H and O–H groups in total. The predicted octanol–water partition coefficient (Wildman–Crippen LogP) is 2.30. The number of carbonyl (C=O) groups is 1. The van der Waals surface area contributed by atoms with Crippen molar-refractivity contribution in [3.05, 3.63) is 29.3 Å². The van der Waals surface area contributed by atoms with Crippen molar-refractivity contribution in [2.24, 2.45) is 0 Å². The lowest BCUT2D eigenvalue weighted by Crippen LogP contribution is -2.45. The normalized spacial score (nSPS) is 18.8. The summed E-state index contributed by atoms with van der Waals surface area (Å²) in [6, 6.07) is 5.53. The highest BCUT2D eigenvalue weighted by atomic mass is 16.3. The molecule has 110 valence electrons. The van der Waals surface area contributed by atoms with Gasteiger partial charge in [-0.3, -0.25) is 4.79 Å². The summed E-state index contributed by atoms with van der Waals surface area (Å²) in [7, 11) is 0. The highest BCUT2D eigenvalue weighted by Crippen LogP contribution is 2.19. The molecule has 0 aliphatic carbocycles. The zero-order valence-electron chi connectivity index (χ0n) is 12.4. The van der Waals surface area contributed by atoms with Gasteiger partial charge in [0.05, 0.1) is 0 Å². The molecule has 0 spiro atoms. The van der Waals surface area contributed by atoms with Crippen LogP contribution in [0.15, 0.2) is 18.2 Å². The van der Waals surface area contributed by atoms with E-state index in [2.05, 4.69) is 5.32 Å². The summed E-state index contributed by atoms with van der Waals surface area (Å²) in [5.41, 5.74) is 1.35. The number of phenols is 1. The van der Waals surface area contributed by atoms with Gasteiger partial charge >= 0.3 is 0 Å². The summed E-state index contributed by atoms with van der Waals surface area (Å²) in [4.78, 5) is 14.4. The van der Waals surface area contributed by atoms with Crippen LogP contribution in [0, 0.1) is 6.92 Å². The number of nitrogens with zero attached hydrogens (tertiary/aromatic N) is 1. The Balaban J connectivity index is 2.05. The Morgan fingerprint density at radius 3 is 2.85 bits per heavy atom. The Morgan fingerprint density at radius 1 is 1.45 bits per heavy atom. The second-order valence-corrected chi connectivity index (χ2v) is 5.49. The molecule has 1 aromatic rings. The van der Waals surface area contributed by atoms with Gasteiger partial charge in [0, 0.05) is 24.7 Å². The summed E-state index contributed by atoms with van der Waals surface area (Å²) < 4.78 is 0. The highest BCUT2D eigenvalue weighted by molar-refractivity contribution is 5.94. The lowest BCUT2D eigenvalue weighted by atomic mass is 10.0. The number of carbonyl (C=O) groups excluding carboxylic acids is 1. The zero-order valence-corrected chi connectivity index (χ0v) is 12.4. The first-order valence-corrected chi connectivity index (χ1v) is 7.44. The number of nitrogens with one attached hydrogen (secondary N) is 1. The molecule has 0 radical (unpaired) electrons. The van der Waals surface area contributed by atoms with Crippen molar-refractivity contribution in [1.82, 2.24) is 10.2 Å². The van der Waals surface area contributed by atoms with Crippen LogP contribution in [0.25, 0.3) is 0 Å². The van der Waals surface area contributed by atoms with Gasteiger partial charge < -0.3 is 15.3 Å². The van der Waals surface area contributed by atoms with E-state index >= 15 is 0 Å². The molecule has 4 nitrogen and oxygen atoms in total. The Bertz CT molecular complexity index is 468. The molecular formula is C16H24N2O2. The minimum atomic E-state index is -0.00447. The maximum atomic E-state index is 12.5. The smallest absolute Gasteiger partial charge is 0.254 e. The van der Waals surface area contributed by atoms with Crippen molar-refractivity contribution in [3.63, 3.8) is 0 Å². The molecule has 0 saturated carbocycles. The van der Waals surface area contributed by atoms with E-state index in [1.54, 1.807) is 18.2 Å². The number of rotatable bonds is 4. The zero-order chi connectivity index (χ0) is 14.5. The largest absolute Gasteiger partial charge is 0.508 e. The van der Waals surface area contributed by atoms with E-state index in [4.69, 9.17) is 0 Å². The van der Waals surface area contributed by atoms with Crippen LogP contribution in [-0.4, -0.2) is 41.6 Å². The van der Waals surface area contributed by atoms with Crippen LogP contribution in [-0.2, 0) is 0 Å². The molecule has 1 aromatic carbocycles. The molecule has 1 saturated heterocycles. The first-order valence-electron chi connectivity index (χ1n) is 7.44. The van der Waals surface area contributed by atoms with Gasteiger partial charge in [0.25, 0.3) is 5.91 Å². The molecule has 1 aliphatic rings. The first kappa shape index (κ1) is 14.9. The topological polar surface area (TPSA) is 52.6 Å². The minimum absolute atomic E-state index is 0.00447. The average molecular weight is 276 g/mol. The van der Waals surface area contributed by atoms with Gasteiger partial charge in [-0.05, 0) is 50.9 Å². The molecule has 1 atom stereocenters. The minimum Gasteiger partial charge on any atom is -0.508 e. The van der Waals surface area contributed by atoms with Crippen LogP contribution in [0.4, 0.5) is 0 Å². The third-order valence-electron chi connectivity index (χ3n) is 3.98. The van der Waals surface area contributed by atoms with Crippen LogP contribution in [0.1, 0.15) is 42.1 Å². The monoisotopic (exact) mass is 276 g/mol. The van der Waals surface area contributed by atoms with Gasteiger partial charge in [-0.1, -0.05) is 12.5 Å². The van der Waals surface area contributed by atoms with Crippen LogP contribution in [0.3, 0.4) is 0 Å². The van der Waals surface area contributed by atoms with E-state index in [-0.39, 0.29) is 11.7 Å². The molecule has 4 heteroatoms. The number of aryl methyl sites for hydroxylation is 1. The van der Waals surface area contributed by atoms with Crippen LogP contribution in [0.5, 0.6) is 5.75 Å². The molecule has 0 bridgehead atoms. The predicted molar refractivity (Wildman–Crippen MR) is 80.1 cm³/mol. The number of likely N-dealkylation sites (N-methyl/N-ethyl adjacent to an activating group) is 1. The number of amides is 1. The van der Waals surface area contributed by atoms with Gasteiger partial charge in [-0.25, -0.2) is 0 Å². The fourth-order valence-electron chi connectivity index (χ4n) is 2.63. The summed E-state index contributed by atoms with van der Waals surface area (Å²) in [6.07, 6.45) is 3.58. The number of benzene rings is 1. The van der Waals surface area contributed by atoms with E-state index in [9.17, 15) is 9.90 Å². The second kappa shape index (κ2) is 6.75. The van der Waals surface area contributed by atoms with Crippen molar-refractivity contribution in [1.29, 1.82) is 0 Å². The maximum absolute atomic E-state index is 12.5. The second-order valence-electron chi connectivity index (χ2n) is 5.49.